The molecule has 0 amide bonds. The molecule has 0 saturated carbocycles. The van der Waals surface area contributed by atoms with Crippen molar-refractivity contribution in [3.63, 3.8) is 0 Å². The molecule has 0 aliphatic carbocycles. The average molecular weight is 396 g/mol. The van der Waals surface area contributed by atoms with Gasteiger partial charge in [0.2, 0.25) is 0 Å². The molecule has 0 rings (SSSR count). The fraction of sp³-hybridized carbons (Fsp3) is 0.824. The highest BCUT2D eigenvalue weighted by Crippen LogP contribution is 2.41. The molecule has 0 aromatic carbocycles. The topological polar surface area (TPSA) is 93.1 Å². The van der Waals surface area contributed by atoms with E-state index in [2.05, 4.69) is 10.5 Å². The van der Waals surface area contributed by atoms with E-state index >= 15 is 0 Å². The lowest BCUT2D eigenvalue weighted by Crippen LogP contribution is -2.05. The van der Waals surface area contributed by atoms with E-state index in [1.165, 1.54) is 38.5 Å². The lowest BCUT2D eigenvalue weighted by molar-refractivity contribution is -0.139. The molecule has 0 atom stereocenters. The van der Waals surface area contributed by atoms with Crippen LogP contribution in [0.1, 0.15) is 77.6 Å². The van der Waals surface area contributed by atoms with Crippen molar-refractivity contribution in [3.8, 4) is 0 Å². The van der Waals surface area contributed by atoms with Crippen LogP contribution in [-0.4, -0.2) is 28.1 Å². The second kappa shape index (κ2) is 15.9. The van der Waals surface area contributed by atoms with Crippen LogP contribution in [-0.2, 0) is 18.1 Å². The Morgan fingerprint density at radius 3 is 1.80 bits per heavy atom. The van der Waals surface area contributed by atoms with E-state index in [4.69, 9.17) is 14.5 Å². The van der Waals surface area contributed by atoms with Gasteiger partial charge in [0.15, 0.2) is 0 Å². The fourth-order valence-electron chi connectivity index (χ4n) is 2.25. The van der Waals surface area contributed by atoms with Gasteiger partial charge in [-0.2, -0.15) is 0 Å². The zero-order valence-electron chi connectivity index (χ0n) is 15.3. The molecule has 0 saturated heterocycles. The second-order valence-electron chi connectivity index (χ2n) is 6.19. The Labute approximate surface area is 156 Å². The summed E-state index contributed by atoms with van der Waals surface area (Å²) in [5.41, 5.74) is 0.452. The van der Waals surface area contributed by atoms with E-state index in [9.17, 15) is 9.36 Å². The largest absolute Gasteiger partial charge is 0.480 e. The maximum atomic E-state index is 11.2. The number of hydrogen-bond donors (Lipinski definition) is 2. The Balaban J connectivity index is 3.13. The number of ether oxygens (including phenoxy) is 1. The molecule has 0 aliphatic heterocycles. The predicted molar refractivity (Wildman–Crippen MR) is 102 cm³/mol. The minimum Gasteiger partial charge on any atom is -0.462 e. The van der Waals surface area contributed by atoms with Gasteiger partial charge in [-0.1, -0.05) is 64.4 Å². The summed E-state index contributed by atoms with van der Waals surface area (Å²) in [6.07, 6.45) is 12.5. The molecule has 0 radical (unpaired) electrons. The van der Waals surface area contributed by atoms with Crippen LogP contribution in [0.15, 0.2) is 12.2 Å². The fourth-order valence-corrected chi connectivity index (χ4v) is 3.42. The summed E-state index contributed by atoms with van der Waals surface area (Å²) in [5, 5.41) is 0. The van der Waals surface area contributed by atoms with Crippen molar-refractivity contribution >= 4 is 25.8 Å². The zero-order chi connectivity index (χ0) is 19.0. The number of unbranched alkanes of at least 4 members (excludes halogenated alkanes) is 10. The van der Waals surface area contributed by atoms with Gasteiger partial charge in [0, 0.05) is 23.4 Å². The number of rotatable bonds is 17. The van der Waals surface area contributed by atoms with Gasteiger partial charge in [0.25, 0.3) is 0 Å². The first-order valence-corrected chi connectivity index (χ1v) is 11.5. The van der Waals surface area contributed by atoms with Gasteiger partial charge in [0.1, 0.15) is 0 Å². The van der Waals surface area contributed by atoms with Gasteiger partial charge >= 0.3 is 13.8 Å². The molecular weight excluding hydrogens is 363 g/mol. The van der Waals surface area contributed by atoms with Crippen LogP contribution in [0.4, 0.5) is 0 Å². The molecular formula is C17H33O6PS. The molecule has 0 aromatic heterocycles. The van der Waals surface area contributed by atoms with Crippen molar-refractivity contribution < 1.29 is 27.9 Å². The molecule has 8 heteroatoms. The Bertz CT molecular complexity index is 410. The third-order valence-corrected chi connectivity index (χ3v) is 5.26. The molecule has 0 aliphatic rings. The molecule has 0 bridgehead atoms. The average Bonchev–Trinajstić information content (AvgIpc) is 2.53. The molecule has 0 heterocycles. The Hall–Kier alpha value is -0.330. The van der Waals surface area contributed by atoms with E-state index in [1.54, 1.807) is 6.92 Å². The van der Waals surface area contributed by atoms with Crippen LogP contribution in [0.25, 0.3) is 0 Å². The van der Waals surface area contributed by atoms with Crippen molar-refractivity contribution in [3.05, 3.63) is 12.2 Å². The third kappa shape index (κ3) is 19.8. The Morgan fingerprint density at radius 1 is 0.920 bits per heavy atom. The normalized spacial score (nSPS) is 11.5. The minimum atomic E-state index is -4.32. The second-order valence-corrected chi connectivity index (χ2v) is 8.41. The highest BCUT2D eigenvalue weighted by molar-refractivity contribution is 7.97. The van der Waals surface area contributed by atoms with Crippen LogP contribution in [0.3, 0.4) is 0 Å². The smallest absolute Gasteiger partial charge is 0.462 e. The summed E-state index contributed by atoms with van der Waals surface area (Å²) in [6.45, 7) is 5.69. The van der Waals surface area contributed by atoms with Crippen LogP contribution < -0.4 is 0 Å². The first-order chi connectivity index (χ1) is 11.8. The summed E-state index contributed by atoms with van der Waals surface area (Å²) in [4.78, 5) is 28.2. The monoisotopic (exact) mass is 396 g/mol. The summed E-state index contributed by atoms with van der Waals surface area (Å²) < 4.78 is 19.8. The molecule has 6 nitrogen and oxygen atoms in total. The molecule has 148 valence electrons. The minimum absolute atomic E-state index is 0.298. The quantitative estimate of drug-likeness (QED) is 0.115. The van der Waals surface area contributed by atoms with E-state index in [-0.39, 0.29) is 5.97 Å². The SMILES string of the molecule is C=C(C)C(=O)OCCCCCCCCCCCCCSOP(=O)(O)O. The van der Waals surface area contributed by atoms with Gasteiger partial charge in [0.05, 0.1) is 6.61 Å². The molecule has 0 spiro atoms. The number of hydrogen-bond acceptors (Lipinski definition) is 5. The highest BCUT2D eigenvalue weighted by Gasteiger charge is 2.13. The summed E-state index contributed by atoms with van der Waals surface area (Å²) in [5.74, 6) is 0.320. The molecule has 25 heavy (non-hydrogen) atoms. The van der Waals surface area contributed by atoms with Crippen molar-refractivity contribution in [1.82, 2.24) is 0 Å². The van der Waals surface area contributed by atoms with Crippen LogP contribution in [0, 0.1) is 0 Å². The summed E-state index contributed by atoms with van der Waals surface area (Å²) in [6, 6.07) is 0. The number of phosphoric acid groups is 1. The number of esters is 1. The number of carbonyl (C=O) groups is 1. The van der Waals surface area contributed by atoms with E-state index in [1.807, 2.05) is 0 Å². The highest BCUT2D eigenvalue weighted by atomic mass is 32.2. The van der Waals surface area contributed by atoms with Crippen LogP contribution in [0.5, 0.6) is 0 Å². The summed E-state index contributed by atoms with van der Waals surface area (Å²) >= 11 is 0.851. The summed E-state index contributed by atoms with van der Waals surface area (Å²) in [7, 11) is -4.32. The Kier molecular flexibility index (Phi) is 15.7. The Morgan fingerprint density at radius 2 is 1.36 bits per heavy atom. The van der Waals surface area contributed by atoms with E-state index in [0.29, 0.717) is 17.9 Å². The maximum absolute atomic E-state index is 11.2. The maximum Gasteiger partial charge on any atom is 0.480 e. The standard InChI is InChI=1S/C17H33O6PS/c1-16(2)17(18)22-14-12-10-8-6-4-3-5-7-9-11-13-15-25-23-24(19,20)21/h1,3-15H2,2H3,(H2,19,20,21). The zero-order valence-corrected chi connectivity index (χ0v) is 17.0. The first-order valence-electron chi connectivity index (χ1n) is 9.02. The van der Waals surface area contributed by atoms with Gasteiger partial charge < -0.3 is 14.5 Å². The molecule has 2 N–H and O–H groups in total. The van der Waals surface area contributed by atoms with Crippen LogP contribution in [0.2, 0.25) is 0 Å². The van der Waals surface area contributed by atoms with Crippen LogP contribution >= 0.6 is 19.9 Å². The third-order valence-electron chi connectivity index (χ3n) is 3.60. The van der Waals surface area contributed by atoms with Crippen molar-refractivity contribution in [2.75, 3.05) is 12.4 Å². The van der Waals surface area contributed by atoms with E-state index in [0.717, 1.165) is 44.1 Å². The molecule has 0 aromatic rings. The van der Waals surface area contributed by atoms with E-state index < -0.39 is 7.82 Å². The lowest BCUT2D eigenvalue weighted by Gasteiger charge is -2.05. The molecule has 0 fully saturated rings. The first kappa shape index (κ1) is 24.7. The predicted octanol–water partition coefficient (Wildman–Crippen LogP) is 5.15. The van der Waals surface area contributed by atoms with Crippen molar-refractivity contribution in [2.24, 2.45) is 0 Å². The lowest BCUT2D eigenvalue weighted by atomic mass is 10.1. The van der Waals surface area contributed by atoms with Gasteiger partial charge in [-0.15, -0.1) is 0 Å². The number of carbonyl (C=O) groups excluding carboxylic acids is 1. The van der Waals surface area contributed by atoms with Crippen molar-refractivity contribution in [2.45, 2.75) is 77.6 Å². The van der Waals surface area contributed by atoms with Gasteiger partial charge in [-0.3, -0.25) is 0 Å². The van der Waals surface area contributed by atoms with Gasteiger partial charge in [-0.05, 0) is 19.8 Å². The van der Waals surface area contributed by atoms with Gasteiger partial charge in [-0.25, -0.2) is 13.3 Å². The van der Waals surface area contributed by atoms with Crippen molar-refractivity contribution in [1.29, 1.82) is 0 Å². The molecule has 0 unspecified atom stereocenters.